The minimum Gasteiger partial charge on any atom is -0.462 e. The fraction of sp³-hybridized carbons (Fsp3) is 0.746. The smallest absolute Gasteiger partial charge is 0.306 e. The molecule has 6 heteroatoms. The van der Waals surface area contributed by atoms with Gasteiger partial charge in [0.25, 0.3) is 0 Å². The summed E-state index contributed by atoms with van der Waals surface area (Å²) in [7, 11) is 0. The van der Waals surface area contributed by atoms with Gasteiger partial charge < -0.3 is 14.2 Å². The van der Waals surface area contributed by atoms with Gasteiger partial charge in [-0.2, -0.15) is 0 Å². The van der Waals surface area contributed by atoms with Crippen LogP contribution in [0, 0.1) is 0 Å². The Hall–Kier alpha value is -3.41. The van der Waals surface area contributed by atoms with Gasteiger partial charge in [0.05, 0.1) is 0 Å². The predicted octanol–water partition coefficient (Wildman–Crippen LogP) is 21.1. The van der Waals surface area contributed by atoms with Gasteiger partial charge in [-0.15, -0.1) is 0 Å². The van der Waals surface area contributed by atoms with E-state index >= 15 is 0 Å². The van der Waals surface area contributed by atoms with Gasteiger partial charge in [-0.05, 0) is 109 Å². The molecule has 0 aromatic rings. The number of carbonyl (C=O) groups is 3. The van der Waals surface area contributed by atoms with Crippen molar-refractivity contribution < 1.29 is 28.6 Å². The zero-order valence-corrected chi connectivity index (χ0v) is 48.1. The lowest BCUT2D eigenvalue weighted by atomic mass is 10.1. The molecule has 0 radical (unpaired) electrons. The van der Waals surface area contributed by atoms with Crippen molar-refractivity contribution in [3.63, 3.8) is 0 Å². The van der Waals surface area contributed by atoms with Gasteiger partial charge in [-0.1, -0.05) is 260 Å². The molecule has 0 saturated heterocycles. The molecule has 0 aliphatic carbocycles. The van der Waals surface area contributed by atoms with Gasteiger partial charge in [0, 0.05) is 19.3 Å². The van der Waals surface area contributed by atoms with E-state index in [0.717, 1.165) is 89.9 Å². The fourth-order valence-electron chi connectivity index (χ4n) is 8.71. The summed E-state index contributed by atoms with van der Waals surface area (Å²) in [5, 5.41) is 0. The number of carbonyl (C=O) groups excluding carboxylic acids is 3. The van der Waals surface area contributed by atoms with Crippen molar-refractivity contribution in [1.29, 1.82) is 0 Å². The second-order valence-electron chi connectivity index (χ2n) is 20.6. The van der Waals surface area contributed by atoms with E-state index in [1.165, 1.54) is 173 Å². The fourth-order valence-corrected chi connectivity index (χ4v) is 8.71. The van der Waals surface area contributed by atoms with Crippen LogP contribution in [0.3, 0.4) is 0 Å². The standard InChI is InChI=1S/C67H116O6/c1-4-7-10-13-16-19-22-25-28-31-33-36-39-42-45-48-51-54-57-60-66(69)72-63-64(62-71-65(68)59-56-53-50-47-44-41-38-35-30-27-24-21-18-15-12-9-6-3)73-67(70)61-58-55-52-49-46-43-40-37-34-32-29-26-23-20-17-14-11-8-5-2/h7,10,16-17,19-20,23,25-28,30,33,36,64H,4-6,8-9,11-15,18,21-22,24,29,31-32,34-35,37-63H2,1-3H3/b10-7-,19-16-,20-17-,26-23-,28-25-,30-27-,36-33-. The van der Waals surface area contributed by atoms with E-state index in [4.69, 9.17) is 14.2 Å². The number of hydrogen-bond donors (Lipinski definition) is 0. The van der Waals surface area contributed by atoms with Crippen molar-refractivity contribution in [2.45, 2.75) is 309 Å². The van der Waals surface area contributed by atoms with E-state index in [1.807, 2.05) is 0 Å². The normalized spacial score (nSPS) is 12.6. The largest absolute Gasteiger partial charge is 0.462 e. The third-order valence-corrected chi connectivity index (χ3v) is 13.4. The van der Waals surface area contributed by atoms with Crippen LogP contribution in [0.5, 0.6) is 0 Å². The van der Waals surface area contributed by atoms with E-state index < -0.39 is 6.10 Å². The topological polar surface area (TPSA) is 78.9 Å². The number of rotatable bonds is 56. The first-order valence-corrected chi connectivity index (χ1v) is 31.1. The van der Waals surface area contributed by atoms with Crippen LogP contribution in [-0.2, 0) is 28.6 Å². The molecule has 0 aromatic heterocycles. The Morgan fingerprint density at radius 1 is 0.301 bits per heavy atom. The van der Waals surface area contributed by atoms with Crippen molar-refractivity contribution in [3.8, 4) is 0 Å². The van der Waals surface area contributed by atoms with Crippen molar-refractivity contribution >= 4 is 17.9 Å². The minimum absolute atomic E-state index is 0.0839. The monoisotopic (exact) mass is 1020 g/mol. The van der Waals surface area contributed by atoms with E-state index in [0.29, 0.717) is 19.3 Å². The van der Waals surface area contributed by atoms with E-state index in [2.05, 4.69) is 106 Å². The van der Waals surface area contributed by atoms with Crippen LogP contribution in [0.2, 0.25) is 0 Å². The van der Waals surface area contributed by atoms with Crippen LogP contribution in [0.1, 0.15) is 303 Å². The molecule has 0 heterocycles. The van der Waals surface area contributed by atoms with Crippen LogP contribution >= 0.6 is 0 Å². The highest BCUT2D eigenvalue weighted by Crippen LogP contribution is 2.16. The molecule has 0 fully saturated rings. The molecule has 0 aliphatic heterocycles. The van der Waals surface area contributed by atoms with Gasteiger partial charge in [0.2, 0.25) is 0 Å². The average Bonchev–Trinajstić information content (AvgIpc) is 3.39. The van der Waals surface area contributed by atoms with Crippen LogP contribution in [-0.4, -0.2) is 37.2 Å². The third kappa shape index (κ3) is 59.3. The second kappa shape index (κ2) is 61.1. The molecule has 420 valence electrons. The Balaban J connectivity index is 4.41. The van der Waals surface area contributed by atoms with Gasteiger partial charge in [-0.25, -0.2) is 0 Å². The average molecular weight is 1020 g/mol. The number of unbranched alkanes of at least 4 members (excludes halogenated alkanes) is 32. The molecule has 6 nitrogen and oxygen atoms in total. The lowest BCUT2D eigenvalue weighted by Crippen LogP contribution is -2.30. The van der Waals surface area contributed by atoms with Crippen molar-refractivity contribution in [3.05, 3.63) is 85.1 Å². The highest BCUT2D eigenvalue weighted by atomic mass is 16.6. The Kier molecular flexibility index (Phi) is 58.3. The summed E-state index contributed by atoms with van der Waals surface area (Å²) in [5.41, 5.74) is 0. The number of ether oxygens (including phenoxy) is 3. The summed E-state index contributed by atoms with van der Waals surface area (Å²) in [6.45, 7) is 6.51. The summed E-state index contributed by atoms with van der Waals surface area (Å²) in [6.07, 6.45) is 80.0. The van der Waals surface area contributed by atoms with Crippen LogP contribution < -0.4 is 0 Å². The van der Waals surface area contributed by atoms with Gasteiger partial charge in [-0.3, -0.25) is 14.4 Å². The van der Waals surface area contributed by atoms with E-state index in [1.54, 1.807) is 0 Å². The Morgan fingerprint density at radius 2 is 0.575 bits per heavy atom. The van der Waals surface area contributed by atoms with Crippen LogP contribution in [0.4, 0.5) is 0 Å². The summed E-state index contributed by atoms with van der Waals surface area (Å²) in [6, 6.07) is 0. The van der Waals surface area contributed by atoms with Crippen molar-refractivity contribution in [1.82, 2.24) is 0 Å². The molecule has 0 rings (SSSR count). The zero-order chi connectivity index (χ0) is 52.9. The Morgan fingerprint density at radius 3 is 0.959 bits per heavy atom. The molecule has 0 saturated carbocycles. The number of esters is 3. The van der Waals surface area contributed by atoms with Crippen molar-refractivity contribution in [2.75, 3.05) is 13.2 Å². The SMILES string of the molecule is CC/C=C\C/C=C\C/C=C\C/C=C\CCCCCCCCC(=O)OCC(COC(=O)CCCCCCCCC/C=C\CCCCCCCC)OC(=O)CCCCCCCCCCCC/C=C\C=C/CCCCC. The first kappa shape index (κ1) is 69.6. The number of hydrogen-bond acceptors (Lipinski definition) is 6. The van der Waals surface area contributed by atoms with Gasteiger partial charge in [0.1, 0.15) is 13.2 Å². The molecule has 73 heavy (non-hydrogen) atoms. The molecule has 0 N–H and O–H groups in total. The molecule has 1 atom stereocenters. The van der Waals surface area contributed by atoms with Gasteiger partial charge in [0.15, 0.2) is 6.10 Å². The second-order valence-corrected chi connectivity index (χ2v) is 20.6. The molecule has 1 unspecified atom stereocenters. The summed E-state index contributed by atoms with van der Waals surface area (Å²) in [4.78, 5) is 38.3. The van der Waals surface area contributed by atoms with Crippen LogP contribution in [0.15, 0.2) is 85.1 Å². The van der Waals surface area contributed by atoms with Crippen molar-refractivity contribution in [2.24, 2.45) is 0 Å². The summed E-state index contributed by atoms with van der Waals surface area (Å²) >= 11 is 0. The van der Waals surface area contributed by atoms with Crippen LogP contribution in [0.25, 0.3) is 0 Å². The highest BCUT2D eigenvalue weighted by Gasteiger charge is 2.19. The Labute approximate surface area is 452 Å². The lowest BCUT2D eigenvalue weighted by Gasteiger charge is -2.18. The van der Waals surface area contributed by atoms with Gasteiger partial charge >= 0.3 is 17.9 Å². The molecular weight excluding hydrogens is 901 g/mol. The quantitative estimate of drug-likeness (QED) is 0.0199. The first-order valence-electron chi connectivity index (χ1n) is 31.1. The molecule has 0 aromatic carbocycles. The molecule has 0 amide bonds. The number of allylic oxidation sites excluding steroid dienone is 14. The first-order chi connectivity index (χ1) is 36.0. The maximum atomic E-state index is 12.9. The summed E-state index contributed by atoms with van der Waals surface area (Å²) in [5.74, 6) is -0.895. The molecule has 0 spiro atoms. The minimum atomic E-state index is -0.788. The highest BCUT2D eigenvalue weighted by molar-refractivity contribution is 5.71. The molecular formula is C67H116O6. The maximum absolute atomic E-state index is 12.9. The molecule has 0 aliphatic rings. The third-order valence-electron chi connectivity index (χ3n) is 13.4. The zero-order valence-electron chi connectivity index (χ0n) is 48.1. The van der Waals surface area contributed by atoms with E-state index in [-0.39, 0.29) is 31.1 Å². The summed E-state index contributed by atoms with van der Waals surface area (Å²) < 4.78 is 16.9. The Bertz CT molecular complexity index is 1400. The molecule has 0 bridgehead atoms. The predicted molar refractivity (Wildman–Crippen MR) is 316 cm³/mol. The maximum Gasteiger partial charge on any atom is 0.306 e. The van der Waals surface area contributed by atoms with E-state index in [9.17, 15) is 14.4 Å². The lowest BCUT2D eigenvalue weighted by molar-refractivity contribution is -0.167.